The molecule has 1 amide bonds. The van der Waals surface area contributed by atoms with Gasteiger partial charge in [0, 0.05) is 19.1 Å². The predicted octanol–water partition coefficient (Wildman–Crippen LogP) is 1.17. The van der Waals surface area contributed by atoms with Gasteiger partial charge >= 0.3 is 0 Å². The van der Waals surface area contributed by atoms with Crippen LogP contribution in [0.25, 0.3) is 0 Å². The van der Waals surface area contributed by atoms with E-state index in [4.69, 9.17) is 9.26 Å². The van der Waals surface area contributed by atoms with Crippen molar-refractivity contribution in [2.45, 2.75) is 38.1 Å². The third-order valence-corrected chi connectivity index (χ3v) is 7.21. The van der Waals surface area contributed by atoms with Crippen molar-refractivity contribution in [3.63, 3.8) is 0 Å². The second-order valence-corrected chi connectivity index (χ2v) is 10.3. The average molecular weight is 435 g/mol. The highest BCUT2D eigenvalue weighted by atomic mass is 32.2. The fourth-order valence-corrected chi connectivity index (χ4v) is 5.56. The van der Waals surface area contributed by atoms with Crippen LogP contribution in [0.4, 0.5) is 0 Å². The lowest BCUT2D eigenvalue weighted by molar-refractivity contribution is -0.123. The van der Waals surface area contributed by atoms with Crippen molar-refractivity contribution in [1.29, 1.82) is 0 Å². The number of hydrogen-bond donors (Lipinski definition) is 1. The van der Waals surface area contributed by atoms with Gasteiger partial charge in [0.25, 0.3) is 5.91 Å². The number of fused-ring (bicyclic) bond motifs is 1. The average Bonchev–Trinajstić information content (AvgIpc) is 3.32. The van der Waals surface area contributed by atoms with Crippen molar-refractivity contribution in [2.75, 3.05) is 26.0 Å². The number of carbonyl (C=O) groups is 1. The quantitative estimate of drug-likeness (QED) is 0.726. The molecule has 1 aromatic carbocycles. The Kier molecular flexibility index (Phi) is 5.31. The minimum atomic E-state index is -3.33. The fourth-order valence-electron chi connectivity index (χ4n) is 4.64. The van der Waals surface area contributed by atoms with Gasteiger partial charge < -0.3 is 14.6 Å². The van der Waals surface area contributed by atoms with Gasteiger partial charge in [0.15, 0.2) is 12.4 Å². The van der Waals surface area contributed by atoms with Gasteiger partial charge in [-0.2, -0.15) is 4.98 Å². The third-order valence-electron chi connectivity index (χ3n) is 5.99. The normalized spacial score (nSPS) is 26.5. The largest absolute Gasteiger partial charge is 0.484 e. The maximum atomic E-state index is 12.5. The maximum absolute atomic E-state index is 12.5. The molecule has 2 heterocycles. The van der Waals surface area contributed by atoms with Crippen molar-refractivity contribution in [3.05, 3.63) is 41.5 Å². The number of nitrogens with one attached hydrogen (secondary N) is 1. The number of benzene rings is 1. The fraction of sp³-hybridized carbons (Fsp3) is 0.550. The standard InChI is InChI=1S/C20H26N4O5S/c1-13-5-4-6-17(7-13)28-11-18(25)22-16-8-15-10-24(30(3,26)27)12-20(15,9-16)19-21-14(2)23-29-19/h4-7,15-16H,8-12H2,1-3H3,(H,22,25). The summed E-state index contributed by atoms with van der Waals surface area (Å²) in [5, 5.41) is 6.92. The van der Waals surface area contributed by atoms with Crippen molar-refractivity contribution in [2.24, 2.45) is 5.92 Å². The van der Waals surface area contributed by atoms with Crippen LogP contribution in [-0.4, -0.2) is 60.8 Å². The smallest absolute Gasteiger partial charge is 0.258 e. The zero-order valence-corrected chi connectivity index (χ0v) is 18.1. The lowest BCUT2D eigenvalue weighted by Crippen LogP contribution is -2.40. The number of ether oxygens (including phenoxy) is 1. The SMILES string of the molecule is Cc1cccc(OCC(=O)NC2CC3CN(S(C)(=O)=O)CC3(c3nc(C)no3)C2)c1. The molecule has 30 heavy (non-hydrogen) atoms. The van der Waals surface area contributed by atoms with Gasteiger partial charge in [-0.1, -0.05) is 17.3 Å². The van der Waals surface area contributed by atoms with E-state index in [1.54, 1.807) is 6.92 Å². The summed E-state index contributed by atoms with van der Waals surface area (Å²) >= 11 is 0. The second kappa shape index (κ2) is 7.66. The molecule has 3 atom stereocenters. The lowest BCUT2D eigenvalue weighted by Gasteiger charge is -2.24. The van der Waals surface area contributed by atoms with Crippen LogP contribution in [0.2, 0.25) is 0 Å². The Labute approximate surface area is 175 Å². The molecule has 1 aromatic heterocycles. The number of amides is 1. The first-order valence-electron chi connectivity index (χ1n) is 9.90. The van der Waals surface area contributed by atoms with E-state index < -0.39 is 15.4 Å². The van der Waals surface area contributed by atoms with E-state index in [2.05, 4.69) is 15.5 Å². The van der Waals surface area contributed by atoms with Gasteiger partial charge in [0.05, 0.1) is 11.7 Å². The molecule has 10 heteroatoms. The number of aromatic nitrogens is 2. The second-order valence-electron chi connectivity index (χ2n) is 8.36. The first-order valence-corrected chi connectivity index (χ1v) is 11.8. The minimum absolute atomic E-state index is 0.00457. The van der Waals surface area contributed by atoms with Crippen LogP contribution in [-0.2, 0) is 20.2 Å². The van der Waals surface area contributed by atoms with Crippen LogP contribution in [0.5, 0.6) is 5.75 Å². The molecule has 1 saturated heterocycles. The number of sulfonamides is 1. The number of nitrogens with zero attached hydrogens (tertiary/aromatic N) is 3. The van der Waals surface area contributed by atoms with Crippen LogP contribution in [0, 0.1) is 19.8 Å². The highest BCUT2D eigenvalue weighted by Gasteiger charge is 2.58. The Morgan fingerprint density at radius 3 is 2.87 bits per heavy atom. The van der Waals surface area contributed by atoms with Crippen molar-refractivity contribution >= 4 is 15.9 Å². The molecule has 1 aliphatic heterocycles. The summed E-state index contributed by atoms with van der Waals surface area (Å²) in [6.45, 7) is 4.28. The summed E-state index contributed by atoms with van der Waals surface area (Å²) in [4.78, 5) is 16.9. The Bertz CT molecular complexity index is 1050. The van der Waals surface area contributed by atoms with Gasteiger partial charge in [-0.25, -0.2) is 12.7 Å². The molecule has 9 nitrogen and oxygen atoms in total. The number of hydrogen-bond acceptors (Lipinski definition) is 7. The van der Waals surface area contributed by atoms with Crippen LogP contribution in [0.15, 0.2) is 28.8 Å². The van der Waals surface area contributed by atoms with E-state index in [1.807, 2.05) is 31.2 Å². The van der Waals surface area contributed by atoms with Gasteiger partial charge in [-0.3, -0.25) is 4.79 Å². The van der Waals surface area contributed by atoms with E-state index in [0.29, 0.717) is 36.9 Å². The summed E-state index contributed by atoms with van der Waals surface area (Å²) < 4.78 is 36.8. The Morgan fingerprint density at radius 2 is 2.20 bits per heavy atom. The molecular formula is C20H26N4O5S. The molecule has 162 valence electrons. The molecule has 0 spiro atoms. The molecular weight excluding hydrogens is 408 g/mol. The highest BCUT2D eigenvalue weighted by Crippen LogP contribution is 2.50. The van der Waals surface area contributed by atoms with Gasteiger partial charge in [0.2, 0.25) is 15.9 Å². The zero-order chi connectivity index (χ0) is 21.5. The highest BCUT2D eigenvalue weighted by molar-refractivity contribution is 7.88. The Balaban J connectivity index is 1.44. The molecule has 0 bridgehead atoms. The van der Waals surface area contributed by atoms with Crippen LogP contribution in [0.3, 0.4) is 0 Å². The molecule has 1 saturated carbocycles. The molecule has 1 N–H and O–H groups in total. The first-order chi connectivity index (χ1) is 14.2. The van der Waals surface area contributed by atoms with Crippen LogP contribution < -0.4 is 10.1 Å². The summed E-state index contributed by atoms with van der Waals surface area (Å²) in [5.74, 6) is 1.39. The topological polar surface area (TPSA) is 115 Å². The van der Waals surface area contributed by atoms with E-state index in [0.717, 1.165) is 5.56 Å². The lowest BCUT2D eigenvalue weighted by atomic mass is 9.80. The summed E-state index contributed by atoms with van der Waals surface area (Å²) in [5.41, 5.74) is 0.475. The third kappa shape index (κ3) is 4.06. The number of rotatable bonds is 6. The maximum Gasteiger partial charge on any atom is 0.258 e. The van der Waals surface area contributed by atoms with Crippen molar-refractivity contribution < 1.29 is 22.5 Å². The Morgan fingerprint density at radius 1 is 1.40 bits per heavy atom. The van der Waals surface area contributed by atoms with Crippen molar-refractivity contribution in [1.82, 2.24) is 19.8 Å². The molecule has 1 aliphatic carbocycles. The van der Waals surface area contributed by atoms with Gasteiger partial charge in [-0.05, 0) is 50.3 Å². The van der Waals surface area contributed by atoms with E-state index in [9.17, 15) is 13.2 Å². The number of aryl methyl sites for hydroxylation is 2. The van der Waals surface area contributed by atoms with Gasteiger partial charge in [-0.15, -0.1) is 0 Å². The molecule has 2 fully saturated rings. The monoisotopic (exact) mass is 434 g/mol. The minimum Gasteiger partial charge on any atom is -0.484 e. The summed E-state index contributed by atoms with van der Waals surface area (Å²) in [6, 6.07) is 7.41. The molecule has 4 rings (SSSR count). The summed E-state index contributed by atoms with van der Waals surface area (Å²) in [7, 11) is -3.33. The van der Waals surface area contributed by atoms with Crippen molar-refractivity contribution in [3.8, 4) is 5.75 Å². The predicted molar refractivity (Wildman–Crippen MR) is 108 cm³/mol. The Hall–Kier alpha value is -2.46. The van der Waals surface area contributed by atoms with E-state index in [1.165, 1.54) is 10.6 Å². The molecule has 2 aromatic rings. The van der Waals surface area contributed by atoms with Crippen LogP contribution in [0.1, 0.15) is 30.1 Å². The van der Waals surface area contributed by atoms with E-state index in [-0.39, 0.29) is 31.0 Å². The molecule has 0 radical (unpaired) electrons. The first kappa shape index (κ1) is 20.8. The molecule has 2 aliphatic rings. The zero-order valence-electron chi connectivity index (χ0n) is 17.3. The number of carbonyl (C=O) groups excluding carboxylic acids is 1. The van der Waals surface area contributed by atoms with E-state index >= 15 is 0 Å². The molecule has 3 unspecified atom stereocenters. The van der Waals surface area contributed by atoms with Crippen LogP contribution >= 0.6 is 0 Å². The summed E-state index contributed by atoms with van der Waals surface area (Å²) in [6.07, 6.45) is 2.40. The van der Waals surface area contributed by atoms with Gasteiger partial charge in [0.1, 0.15) is 5.75 Å².